The number of nitrogens with zero attached hydrogens (tertiary/aromatic N) is 1. The highest BCUT2D eigenvalue weighted by Gasteiger charge is 2.20. The third kappa shape index (κ3) is 8.55. The fourth-order valence-electron chi connectivity index (χ4n) is 3.10. The quantitative estimate of drug-likeness (QED) is 0.285. The summed E-state index contributed by atoms with van der Waals surface area (Å²) < 4.78 is 9.51. The zero-order chi connectivity index (χ0) is 26.6. The molecule has 0 saturated carbocycles. The fraction of sp³-hybridized carbons (Fsp3) is 0.154. The van der Waals surface area contributed by atoms with Gasteiger partial charge in [-0.15, -0.1) is 0 Å². The maximum Gasteiger partial charge on any atom is 0.397 e. The second-order valence-electron chi connectivity index (χ2n) is 7.58. The summed E-state index contributed by atoms with van der Waals surface area (Å²) in [5.74, 6) is -3.18. The molecule has 2 N–H and O–H groups in total. The fourth-order valence-corrected chi connectivity index (χ4v) is 3.15. The number of esters is 2. The molecular formula is C26H22ClN3O7. The summed E-state index contributed by atoms with van der Waals surface area (Å²) in [6.07, 6.45) is 2.05. The smallest absolute Gasteiger partial charge is 0.397 e. The van der Waals surface area contributed by atoms with Gasteiger partial charge in [0, 0.05) is 13.0 Å². The van der Waals surface area contributed by atoms with E-state index in [-0.39, 0.29) is 24.8 Å². The summed E-state index contributed by atoms with van der Waals surface area (Å²) in [4.78, 5) is 60.4. The van der Waals surface area contributed by atoms with E-state index in [1.165, 1.54) is 12.3 Å². The average molecular weight is 524 g/mol. The van der Waals surface area contributed by atoms with Crippen molar-refractivity contribution >= 4 is 46.3 Å². The zero-order valence-electron chi connectivity index (χ0n) is 19.4. The summed E-state index contributed by atoms with van der Waals surface area (Å²) in [6.45, 7) is 0.617. The van der Waals surface area contributed by atoms with Crippen LogP contribution < -0.4 is 10.6 Å². The van der Waals surface area contributed by atoms with Crippen molar-refractivity contribution in [2.24, 2.45) is 0 Å². The van der Waals surface area contributed by atoms with Crippen LogP contribution in [0.5, 0.6) is 0 Å². The summed E-state index contributed by atoms with van der Waals surface area (Å²) in [6, 6.07) is 19.6. The van der Waals surface area contributed by atoms with Crippen LogP contribution in [0.1, 0.15) is 27.2 Å². The molecule has 1 aromatic heterocycles. The van der Waals surface area contributed by atoms with Crippen molar-refractivity contribution in [2.75, 3.05) is 11.9 Å². The second kappa shape index (κ2) is 13.5. The van der Waals surface area contributed by atoms with Crippen LogP contribution in [0.3, 0.4) is 0 Å². The average Bonchev–Trinajstić information content (AvgIpc) is 2.92. The molecule has 0 bridgehead atoms. The number of amides is 2. The molecule has 4 rings (SSSR count). The largest absolute Gasteiger partial charge is 0.454 e. The lowest BCUT2D eigenvalue weighted by Gasteiger charge is -2.16. The van der Waals surface area contributed by atoms with Crippen molar-refractivity contribution in [2.45, 2.75) is 19.6 Å². The number of halogens is 1. The molecule has 1 aliphatic rings. The molecule has 2 amide bonds. The lowest BCUT2D eigenvalue weighted by Crippen LogP contribution is -2.33. The number of anilines is 1. The molecule has 10 nitrogen and oxygen atoms in total. The number of carbonyl (C=O) groups excluding carboxylic acids is 5. The number of hydrogen-bond donors (Lipinski definition) is 2. The van der Waals surface area contributed by atoms with Gasteiger partial charge in [-0.25, -0.2) is 9.59 Å². The van der Waals surface area contributed by atoms with Gasteiger partial charge in [0.1, 0.15) is 13.2 Å². The van der Waals surface area contributed by atoms with Crippen LogP contribution >= 0.6 is 11.6 Å². The summed E-state index contributed by atoms with van der Waals surface area (Å²) in [7, 11) is 0. The Labute approximate surface area is 216 Å². The first kappa shape index (κ1) is 27.0. The van der Waals surface area contributed by atoms with Crippen LogP contribution in [0.15, 0.2) is 72.9 Å². The number of carbonyl (C=O) groups is 5. The highest BCUT2D eigenvalue weighted by atomic mass is 35.5. The van der Waals surface area contributed by atoms with Gasteiger partial charge in [-0.1, -0.05) is 60.7 Å². The second-order valence-corrected chi connectivity index (χ2v) is 7.92. The van der Waals surface area contributed by atoms with E-state index in [1.807, 2.05) is 36.4 Å². The minimum Gasteiger partial charge on any atom is -0.454 e. The van der Waals surface area contributed by atoms with E-state index in [9.17, 15) is 24.0 Å². The van der Waals surface area contributed by atoms with Gasteiger partial charge in [0.2, 0.25) is 0 Å². The lowest BCUT2D eigenvalue weighted by molar-refractivity contribution is -0.153. The minimum absolute atomic E-state index is 0.0118. The Bertz CT molecular complexity index is 1280. The number of nitrogens with one attached hydrogen (secondary N) is 2. The third-order valence-corrected chi connectivity index (χ3v) is 5.05. The minimum atomic E-state index is -1.10. The molecule has 0 spiro atoms. The van der Waals surface area contributed by atoms with Crippen molar-refractivity contribution in [3.63, 3.8) is 0 Å². The molecule has 0 atom stereocenters. The number of pyridine rings is 1. The third-order valence-electron chi connectivity index (χ3n) is 4.89. The Kier molecular flexibility index (Phi) is 9.86. The number of ether oxygens (including phenoxy) is 2. The van der Waals surface area contributed by atoms with Crippen LogP contribution in [0.25, 0.3) is 0 Å². The Morgan fingerprint density at radius 1 is 0.892 bits per heavy atom. The first-order valence-electron chi connectivity index (χ1n) is 11.0. The molecule has 0 unspecified atom stereocenters. The molecule has 0 radical (unpaired) electrons. The molecule has 2 aromatic carbocycles. The summed E-state index contributed by atoms with van der Waals surface area (Å²) in [5, 5.41) is 3.99. The molecule has 11 heteroatoms. The normalized spacial score (nSPS) is 11.5. The van der Waals surface area contributed by atoms with E-state index in [1.54, 1.807) is 24.3 Å². The van der Waals surface area contributed by atoms with Crippen LogP contribution in [0.4, 0.5) is 5.69 Å². The number of benzene rings is 2. The Balaban J connectivity index is 0.000000248. The molecule has 2 heterocycles. The molecule has 3 aromatic rings. The molecule has 37 heavy (non-hydrogen) atoms. The van der Waals surface area contributed by atoms with Gasteiger partial charge in [0.25, 0.3) is 5.91 Å². The van der Waals surface area contributed by atoms with Gasteiger partial charge in [-0.05, 0) is 28.8 Å². The predicted molar refractivity (Wildman–Crippen MR) is 132 cm³/mol. The maximum atomic E-state index is 11.9. The Morgan fingerprint density at radius 3 is 2.03 bits per heavy atom. The van der Waals surface area contributed by atoms with Crippen LogP contribution in [0.2, 0.25) is 0 Å². The SMILES string of the molecule is O=C(Cl)C(=O)OCc1ccccc1.O=C(Nc1cnc2c(c1)C(=O)NCC2)C(=O)OCc1ccccc1. The first-order valence-corrected chi connectivity index (χ1v) is 11.4. The molecule has 0 aliphatic carbocycles. The van der Waals surface area contributed by atoms with E-state index in [2.05, 4.69) is 20.4 Å². The predicted octanol–water partition coefficient (Wildman–Crippen LogP) is 2.54. The van der Waals surface area contributed by atoms with Gasteiger partial charge in [0.05, 0.1) is 23.1 Å². The molecule has 0 saturated heterocycles. The lowest BCUT2D eigenvalue weighted by atomic mass is 10.1. The number of fused-ring (bicyclic) bond motifs is 1. The van der Waals surface area contributed by atoms with E-state index in [4.69, 9.17) is 16.3 Å². The van der Waals surface area contributed by atoms with E-state index < -0.39 is 23.1 Å². The highest BCUT2D eigenvalue weighted by molar-refractivity contribution is 6.80. The van der Waals surface area contributed by atoms with Gasteiger partial charge in [0.15, 0.2) is 0 Å². The molecule has 190 valence electrons. The Morgan fingerprint density at radius 2 is 1.46 bits per heavy atom. The highest BCUT2D eigenvalue weighted by Crippen LogP contribution is 2.16. The van der Waals surface area contributed by atoms with Crippen LogP contribution in [-0.2, 0) is 48.3 Å². The van der Waals surface area contributed by atoms with Gasteiger partial charge in [-0.3, -0.25) is 19.4 Å². The van der Waals surface area contributed by atoms with Crippen molar-refractivity contribution in [1.82, 2.24) is 10.3 Å². The van der Waals surface area contributed by atoms with Crippen molar-refractivity contribution in [1.29, 1.82) is 0 Å². The van der Waals surface area contributed by atoms with Gasteiger partial charge in [-0.2, -0.15) is 0 Å². The van der Waals surface area contributed by atoms with Gasteiger partial charge < -0.3 is 20.1 Å². The Hall–Kier alpha value is -4.57. The maximum absolute atomic E-state index is 11.9. The zero-order valence-corrected chi connectivity index (χ0v) is 20.2. The van der Waals surface area contributed by atoms with Crippen molar-refractivity contribution < 1.29 is 33.4 Å². The van der Waals surface area contributed by atoms with Crippen LogP contribution in [-0.4, -0.2) is 40.5 Å². The van der Waals surface area contributed by atoms with E-state index in [0.717, 1.165) is 11.1 Å². The van der Waals surface area contributed by atoms with Crippen molar-refractivity contribution in [3.8, 4) is 0 Å². The molecular weight excluding hydrogens is 502 g/mol. The number of hydrogen-bond acceptors (Lipinski definition) is 8. The van der Waals surface area contributed by atoms with Crippen LogP contribution in [0, 0.1) is 0 Å². The summed E-state index contributed by atoms with van der Waals surface area (Å²) >= 11 is 4.88. The topological polar surface area (TPSA) is 141 Å². The monoisotopic (exact) mass is 523 g/mol. The molecule has 1 aliphatic heterocycles. The summed E-state index contributed by atoms with van der Waals surface area (Å²) in [5.41, 5.74) is 2.94. The standard InChI is InChI=1S/C17H15N3O4.C9H7ClO3/c21-15-13-8-12(9-19-14(13)6-7-18-15)20-16(22)17(23)24-10-11-4-2-1-3-5-11;10-8(11)9(12)13-6-7-4-2-1-3-5-7/h1-5,8-9H,6-7,10H2,(H,18,21)(H,20,22);1-5H,6H2. The first-order chi connectivity index (χ1) is 17.8. The molecule has 0 fully saturated rings. The van der Waals surface area contributed by atoms with E-state index >= 15 is 0 Å². The van der Waals surface area contributed by atoms with Crippen molar-refractivity contribution in [3.05, 3.63) is 95.3 Å². The number of rotatable bonds is 6. The van der Waals surface area contributed by atoms with Gasteiger partial charge >= 0.3 is 23.1 Å². The number of aromatic nitrogens is 1. The van der Waals surface area contributed by atoms with E-state index in [0.29, 0.717) is 24.2 Å².